The number of hydrogen-bond donors (Lipinski definition) is 1. The van der Waals surface area contributed by atoms with Crippen LogP contribution in [0.5, 0.6) is 0 Å². The molecule has 0 aromatic rings. The highest BCUT2D eigenvalue weighted by Gasteiger charge is 2.04. The minimum Gasteiger partial charge on any atom is -0.385 e. The van der Waals surface area contributed by atoms with E-state index in [1.165, 1.54) is 18.4 Å². The van der Waals surface area contributed by atoms with E-state index in [-0.39, 0.29) is 0 Å². The first kappa shape index (κ1) is 12.0. The van der Waals surface area contributed by atoms with Crippen molar-refractivity contribution in [3.05, 3.63) is 36.6 Å². The van der Waals surface area contributed by atoms with Gasteiger partial charge < -0.3 is 5.32 Å². The van der Waals surface area contributed by atoms with E-state index < -0.39 is 0 Å². The van der Waals surface area contributed by atoms with E-state index in [1.807, 2.05) is 12.2 Å². The molecule has 0 atom stereocenters. The lowest BCUT2D eigenvalue weighted by Gasteiger charge is -2.16. The molecule has 0 amide bonds. The second-order valence-corrected chi connectivity index (χ2v) is 3.08. The smallest absolute Gasteiger partial charge is 0.0366 e. The van der Waals surface area contributed by atoms with Crippen molar-refractivity contribution in [3.63, 3.8) is 0 Å². The number of allylic oxidation sites excluding steroid dienone is 3. The fourth-order valence-corrected chi connectivity index (χ4v) is 1.17. The molecule has 0 fully saturated rings. The van der Waals surface area contributed by atoms with Gasteiger partial charge in [0.25, 0.3) is 0 Å². The first-order valence-corrected chi connectivity index (χ1v) is 5.02. The molecule has 0 saturated heterocycles. The van der Waals surface area contributed by atoms with Gasteiger partial charge in [0.1, 0.15) is 0 Å². The van der Waals surface area contributed by atoms with Gasteiger partial charge in [-0.2, -0.15) is 0 Å². The molecule has 0 aromatic heterocycles. The summed E-state index contributed by atoms with van der Waals surface area (Å²) in [6, 6.07) is 0. The van der Waals surface area contributed by atoms with Crippen LogP contribution < -0.4 is 5.32 Å². The Morgan fingerprint density at radius 2 is 1.92 bits per heavy atom. The van der Waals surface area contributed by atoms with E-state index in [2.05, 4.69) is 32.3 Å². The number of hydrogen-bond acceptors (Lipinski definition) is 1. The van der Waals surface area contributed by atoms with Crippen LogP contribution in [0.25, 0.3) is 0 Å². The normalized spacial score (nSPS) is 15.2. The van der Waals surface area contributed by atoms with Crippen LogP contribution in [0.4, 0.5) is 0 Å². The lowest BCUT2D eigenvalue weighted by molar-refractivity contribution is 0.685. The van der Waals surface area contributed by atoms with E-state index in [9.17, 15) is 0 Å². The molecule has 1 aliphatic rings. The van der Waals surface area contributed by atoms with Gasteiger partial charge in [0, 0.05) is 12.2 Å². The van der Waals surface area contributed by atoms with Gasteiger partial charge in [0.05, 0.1) is 0 Å². The zero-order chi connectivity index (χ0) is 10.1. The second kappa shape index (κ2) is 7.66. The van der Waals surface area contributed by atoms with Crippen molar-refractivity contribution in [2.75, 3.05) is 6.54 Å². The van der Waals surface area contributed by atoms with Crippen LogP contribution in [0.15, 0.2) is 36.6 Å². The van der Waals surface area contributed by atoms with Crippen LogP contribution in [-0.4, -0.2) is 6.54 Å². The molecule has 1 nitrogen and oxygen atoms in total. The Kier molecular flexibility index (Phi) is 7.08. The third-order valence-electron chi connectivity index (χ3n) is 1.73. The maximum absolute atomic E-state index is 3.74. The summed E-state index contributed by atoms with van der Waals surface area (Å²) < 4.78 is 0. The predicted octanol–water partition coefficient (Wildman–Crippen LogP) is 3.41. The number of rotatable bonds is 2. The summed E-state index contributed by atoms with van der Waals surface area (Å²) >= 11 is 0. The molecule has 1 rings (SSSR count). The molecule has 1 heteroatoms. The van der Waals surface area contributed by atoms with Gasteiger partial charge in [-0.05, 0) is 24.5 Å². The topological polar surface area (TPSA) is 12.0 Å². The summed E-state index contributed by atoms with van der Waals surface area (Å²) in [6.07, 6.45) is 7.36. The fourth-order valence-electron chi connectivity index (χ4n) is 1.17. The van der Waals surface area contributed by atoms with E-state index >= 15 is 0 Å². The fraction of sp³-hybridized carbons (Fsp3) is 0.500. The molecule has 0 spiro atoms. The van der Waals surface area contributed by atoms with Gasteiger partial charge in [0.2, 0.25) is 0 Å². The van der Waals surface area contributed by atoms with Gasteiger partial charge in [0.15, 0.2) is 0 Å². The average Bonchev–Trinajstić information content (AvgIpc) is 2.19. The summed E-state index contributed by atoms with van der Waals surface area (Å²) in [7, 11) is 0. The molecule has 0 radical (unpaired) electrons. The highest BCUT2D eigenvalue weighted by Crippen LogP contribution is 2.15. The van der Waals surface area contributed by atoms with Crippen molar-refractivity contribution in [3.8, 4) is 0 Å². The van der Waals surface area contributed by atoms with Gasteiger partial charge in [-0.15, -0.1) is 0 Å². The molecule has 0 bridgehead atoms. The second-order valence-electron chi connectivity index (χ2n) is 3.08. The molecule has 0 aromatic carbocycles. The van der Waals surface area contributed by atoms with Crippen molar-refractivity contribution in [2.45, 2.75) is 33.1 Å². The lowest BCUT2D eigenvalue weighted by Crippen LogP contribution is -2.19. The SMILES string of the molecule is C=CC1=C(C=C)NCCC1.CCC. The van der Waals surface area contributed by atoms with Crippen LogP contribution in [0.2, 0.25) is 0 Å². The summed E-state index contributed by atoms with van der Waals surface area (Å²) in [5.74, 6) is 0. The van der Waals surface area contributed by atoms with E-state index in [1.54, 1.807) is 0 Å². The van der Waals surface area contributed by atoms with Crippen LogP contribution >= 0.6 is 0 Å². The zero-order valence-electron chi connectivity index (χ0n) is 8.90. The van der Waals surface area contributed by atoms with Crippen molar-refractivity contribution in [1.29, 1.82) is 0 Å². The average molecular weight is 179 g/mol. The Bertz CT molecular complexity index is 169. The van der Waals surface area contributed by atoms with Crippen molar-refractivity contribution < 1.29 is 0 Å². The van der Waals surface area contributed by atoms with Gasteiger partial charge in [-0.3, -0.25) is 0 Å². The Morgan fingerprint density at radius 3 is 2.31 bits per heavy atom. The summed E-state index contributed by atoms with van der Waals surface area (Å²) in [4.78, 5) is 0. The lowest BCUT2D eigenvalue weighted by atomic mass is 10.0. The predicted molar refractivity (Wildman–Crippen MR) is 60.6 cm³/mol. The zero-order valence-corrected chi connectivity index (χ0v) is 8.90. The standard InChI is InChI=1S/C9H13N.C3H8/c1-3-8-6-5-7-10-9(8)4-2;1-3-2/h3-4,10H,1-2,5-7H2;3H2,1-2H3. The molecular weight excluding hydrogens is 158 g/mol. The van der Waals surface area contributed by atoms with Gasteiger partial charge in [-0.1, -0.05) is 39.5 Å². The minimum absolute atomic E-state index is 1.07. The molecular formula is C12H21N. The number of nitrogens with one attached hydrogen (secondary N) is 1. The monoisotopic (exact) mass is 179 g/mol. The Morgan fingerprint density at radius 1 is 1.31 bits per heavy atom. The minimum atomic E-state index is 1.07. The van der Waals surface area contributed by atoms with Crippen molar-refractivity contribution >= 4 is 0 Å². The molecule has 1 N–H and O–H groups in total. The molecule has 13 heavy (non-hydrogen) atoms. The van der Waals surface area contributed by atoms with Crippen molar-refractivity contribution in [1.82, 2.24) is 5.32 Å². The molecule has 0 unspecified atom stereocenters. The van der Waals surface area contributed by atoms with E-state index in [0.717, 1.165) is 18.7 Å². The van der Waals surface area contributed by atoms with E-state index in [4.69, 9.17) is 0 Å². The summed E-state index contributed by atoms with van der Waals surface area (Å²) in [5, 5.41) is 3.26. The quantitative estimate of drug-likeness (QED) is 0.685. The molecule has 1 heterocycles. The van der Waals surface area contributed by atoms with Gasteiger partial charge in [-0.25, -0.2) is 0 Å². The largest absolute Gasteiger partial charge is 0.385 e. The molecule has 0 saturated carbocycles. The Labute approximate surface area is 82.2 Å². The van der Waals surface area contributed by atoms with Crippen molar-refractivity contribution in [2.24, 2.45) is 0 Å². The first-order chi connectivity index (χ1) is 6.29. The maximum Gasteiger partial charge on any atom is 0.0366 e. The first-order valence-electron chi connectivity index (χ1n) is 5.02. The van der Waals surface area contributed by atoms with Crippen LogP contribution in [0.3, 0.4) is 0 Å². The van der Waals surface area contributed by atoms with Crippen LogP contribution in [0, 0.1) is 0 Å². The third-order valence-corrected chi connectivity index (χ3v) is 1.73. The van der Waals surface area contributed by atoms with Crippen LogP contribution in [0.1, 0.15) is 33.1 Å². The third kappa shape index (κ3) is 4.56. The van der Waals surface area contributed by atoms with E-state index in [0.29, 0.717) is 0 Å². The van der Waals surface area contributed by atoms with Gasteiger partial charge >= 0.3 is 0 Å². The summed E-state index contributed by atoms with van der Waals surface area (Å²) in [6.45, 7) is 12.8. The summed E-state index contributed by atoms with van der Waals surface area (Å²) in [5.41, 5.74) is 2.45. The van der Waals surface area contributed by atoms with Crippen LogP contribution in [-0.2, 0) is 0 Å². The molecule has 0 aliphatic carbocycles. The molecule has 1 aliphatic heterocycles. The highest BCUT2D eigenvalue weighted by molar-refractivity contribution is 5.31. The molecule has 74 valence electrons. The Hall–Kier alpha value is -0.980. The highest BCUT2D eigenvalue weighted by atomic mass is 14.9. The maximum atomic E-state index is 3.74. The Balaban J connectivity index is 0.000000424.